The summed E-state index contributed by atoms with van der Waals surface area (Å²) in [6.07, 6.45) is 4.77. The third-order valence-electron chi connectivity index (χ3n) is 6.19. The third-order valence-corrected chi connectivity index (χ3v) is 8.32. The molecule has 5 aromatic rings. The summed E-state index contributed by atoms with van der Waals surface area (Å²) in [6, 6.07) is 13.9. The van der Waals surface area contributed by atoms with Crippen molar-refractivity contribution in [3.8, 4) is 11.6 Å². The Morgan fingerprint density at radius 1 is 1.21 bits per heavy atom. The number of aromatic amines is 1. The Labute approximate surface area is 204 Å². The van der Waals surface area contributed by atoms with Gasteiger partial charge in [-0.2, -0.15) is 0 Å². The molecule has 0 amide bonds. The zero-order valence-electron chi connectivity index (χ0n) is 18.7. The van der Waals surface area contributed by atoms with E-state index in [1.807, 2.05) is 34.9 Å². The summed E-state index contributed by atoms with van der Waals surface area (Å²) in [7, 11) is 0. The average Bonchev–Trinajstić information content (AvgIpc) is 3.56. The number of hydrogen-bond acceptors (Lipinski definition) is 7. The zero-order valence-corrected chi connectivity index (χ0v) is 20.3. The number of aromatic nitrogens is 5. The van der Waals surface area contributed by atoms with Crippen molar-refractivity contribution in [1.29, 1.82) is 0 Å². The van der Waals surface area contributed by atoms with Crippen LogP contribution in [0.2, 0.25) is 0 Å². The number of hydrogen-bond donors (Lipinski definition) is 1. The molecule has 7 nitrogen and oxygen atoms in total. The SMILES string of the molecule is C[C@@H]1CCc2c(sc3nc(CSc4nnc(-c5ccco5)n4Cc4ccccc4)[nH]c(=O)c23)C1. The van der Waals surface area contributed by atoms with E-state index in [1.165, 1.54) is 22.2 Å². The maximum absolute atomic E-state index is 12.9. The van der Waals surface area contributed by atoms with Gasteiger partial charge in [0.1, 0.15) is 10.7 Å². The van der Waals surface area contributed by atoms with E-state index in [0.29, 0.717) is 35.6 Å². The summed E-state index contributed by atoms with van der Waals surface area (Å²) in [4.78, 5) is 23.0. The van der Waals surface area contributed by atoms with Gasteiger partial charge in [0.05, 0.1) is 23.9 Å². The number of thioether (sulfide) groups is 1. The highest BCUT2D eigenvalue weighted by molar-refractivity contribution is 7.98. The van der Waals surface area contributed by atoms with Crippen molar-refractivity contribution < 1.29 is 4.42 Å². The van der Waals surface area contributed by atoms with E-state index in [-0.39, 0.29) is 5.56 Å². The predicted octanol–water partition coefficient (Wildman–Crippen LogP) is 5.30. The molecular formula is C25H23N5O2S2. The van der Waals surface area contributed by atoms with Gasteiger partial charge in [-0.15, -0.1) is 21.5 Å². The van der Waals surface area contributed by atoms with E-state index in [1.54, 1.807) is 17.6 Å². The van der Waals surface area contributed by atoms with Crippen molar-refractivity contribution in [2.24, 2.45) is 5.92 Å². The molecule has 0 aliphatic heterocycles. The van der Waals surface area contributed by atoms with Gasteiger partial charge in [0, 0.05) is 4.88 Å². The van der Waals surface area contributed by atoms with Crippen LogP contribution in [-0.2, 0) is 25.1 Å². The zero-order chi connectivity index (χ0) is 23.1. The molecule has 4 heterocycles. The van der Waals surface area contributed by atoms with Gasteiger partial charge >= 0.3 is 0 Å². The molecule has 9 heteroatoms. The number of aryl methyl sites for hydroxylation is 1. The summed E-state index contributed by atoms with van der Waals surface area (Å²) in [5.41, 5.74) is 2.31. The molecule has 0 saturated heterocycles. The number of thiophene rings is 1. The summed E-state index contributed by atoms with van der Waals surface area (Å²) in [6.45, 7) is 2.89. The van der Waals surface area contributed by atoms with Gasteiger partial charge < -0.3 is 9.40 Å². The van der Waals surface area contributed by atoms with Crippen LogP contribution >= 0.6 is 23.1 Å². The van der Waals surface area contributed by atoms with E-state index < -0.39 is 0 Å². The standard InChI is InChI=1S/C25H23N5O2S2/c1-15-9-10-17-19(12-15)34-24-21(17)23(31)26-20(27-24)14-33-25-29-28-22(18-8-5-11-32-18)30(25)13-16-6-3-2-4-7-16/h2-8,11,15H,9-10,12-14H2,1H3,(H,26,27,31)/t15-/m1/s1. The fraction of sp³-hybridized carbons (Fsp3) is 0.280. The number of H-pyrrole nitrogens is 1. The Bertz CT molecular complexity index is 1500. The molecule has 0 spiro atoms. The molecule has 1 atom stereocenters. The van der Waals surface area contributed by atoms with Crippen molar-refractivity contribution in [2.75, 3.05) is 0 Å². The molecule has 0 bridgehead atoms. The van der Waals surface area contributed by atoms with E-state index in [4.69, 9.17) is 9.40 Å². The molecule has 1 N–H and O–H groups in total. The minimum absolute atomic E-state index is 0.0327. The fourth-order valence-electron chi connectivity index (χ4n) is 4.49. The lowest BCUT2D eigenvalue weighted by molar-refractivity contribution is 0.509. The lowest BCUT2D eigenvalue weighted by Crippen LogP contribution is -2.14. The van der Waals surface area contributed by atoms with Crippen LogP contribution in [0.1, 0.15) is 35.2 Å². The van der Waals surface area contributed by atoms with Crippen molar-refractivity contribution >= 4 is 33.3 Å². The van der Waals surface area contributed by atoms with E-state index >= 15 is 0 Å². The number of furan rings is 1. The molecule has 6 rings (SSSR count). The smallest absolute Gasteiger partial charge is 0.259 e. The Morgan fingerprint density at radius 2 is 2.09 bits per heavy atom. The Morgan fingerprint density at radius 3 is 2.91 bits per heavy atom. The Kier molecular flexibility index (Phi) is 5.58. The number of nitrogens with zero attached hydrogens (tertiary/aromatic N) is 4. The monoisotopic (exact) mass is 489 g/mol. The fourth-order valence-corrected chi connectivity index (χ4v) is 6.70. The molecule has 0 fully saturated rings. The van der Waals surface area contributed by atoms with E-state index in [0.717, 1.165) is 40.2 Å². The Hall–Kier alpha value is -3.17. The third kappa shape index (κ3) is 3.99. The van der Waals surface area contributed by atoms with Crippen molar-refractivity contribution in [1.82, 2.24) is 24.7 Å². The van der Waals surface area contributed by atoms with E-state index in [2.05, 4.69) is 34.2 Å². The molecule has 0 radical (unpaired) electrons. The highest BCUT2D eigenvalue weighted by Gasteiger charge is 2.23. The minimum Gasteiger partial charge on any atom is -0.461 e. The van der Waals surface area contributed by atoms with Gasteiger partial charge in [-0.05, 0) is 48.4 Å². The molecule has 0 unspecified atom stereocenters. The maximum Gasteiger partial charge on any atom is 0.259 e. The van der Waals surface area contributed by atoms with Crippen LogP contribution in [0, 0.1) is 5.92 Å². The predicted molar refractivity (Wildman–Crippen MR) is 134 cm³/mol. The number of benzene rings is 1. The van der Waals surface area contributed by atoms with Crippen LogP contribution < -0.4 is 5.56 Å². The molecular weight excluding hydrogens is 466 g/mol. The molecule has 1 aliphatic rings. The van der Waals surface area contributed by atoms with Gasteiger partial charge in [0.25, 0.3) is 5.56 Å². The van der Waals surface area contributed by atoms with Gasteiger partial charge in [-0.25, -0.2) is 4.98 Å². The van der Waals surface area contributed by atoms with Crippen molar-refractivity contribution in [2.45, 2.75) is 43.6 Å². The number of rotatable bonds is 6. The lowest BCUT2D eigenvalue weighted by Gasteiger charge is -2.17. The first-order chi connectivity index (χ1) is 16.7. The second-order valence-corrected chi connectivity index (χ2v) is 10.7. The van der Waals surface area contributed by atoms with Gasteiger partial charge in [0.2, 0.25) is 5.82 Å². The summed E-state index contributed by atoms with van der Waals surface area (Å²) in [5, 5.41) is 10.4. The lowest BCUT2D eigenvalue weighted by atomic mass is 9.89. The molecule has 4 aromatic heterocycles. The largest absolute Gasteiger partial charge is 0.461 e. The second-order valence-electron chi connectivity index (χ2n) is 8.69. The summed E-state index contributed by atoms with van der Waals surface area (Å²) < 4.78 is 7.64. The first kappa shape index (κ1) is 21.4. The van der Waals surface area contributed by atoms with Gasteiger partial charge in [-0.1, -0.05) is 49.0 Å². The maximum atomic E-state index is 12.9. The summed E-state index contributed by atoms with van der Waals surface area (Å²) >= 11 is 3.18. The van der Waals surface area contributed by atoms with Gasteiger partial charge in [-0.3, -0.25) is 9.36 Å². The van der Waals surface area contributed by atoms with Crippen LogP contribution in [0.15, 0.2) is 63.1 Å². The first-order valence-electron chi connectivity index (χ1n) is 11.3. The van der Waals surface area contributed by atoms with Crippen molar-refractivity contribution in [3.63, 3.8) is 0 Å². The summed E-state index contributed by atoms with van der Waals surface area (Å²) in [5.74, 6) is 3.15. The van der Waals surface area contributed by atoms with Crippen LogP contribution in [0.25, 0.3) is 21.8 Å². The van der Waals surface area contributed by atoms with E-state index in [9.17, 15) is 4.79 Å². The van der Waals surface area contributed by atoms with Crippen molar-refractivity contribution in [3.05, 3.63) is 80.9 Å². The average molecular weight is 490 g/mol. The number of nitrogens with one attached hydrogen (secondary N) is 1. The molecule has 34 heavy (non-hydrogen) atoms. The molecule has 0 saturated carbocycles. The van der Waals surface area contributed by atoms with Crippen LogP contribution in [-0.4, -0.2) is 24.7 Å². The quantitative estimate of drug-likeness (QED) is 0.326. The highest BCUT2D eigenvalue weighted by atomic mass is 32.2. The molecule has 1 aliphatic carbocycles. The highest BCUT2D eigenvalue weighted by Crippen LogP contribution is 2.36. The van der Waals surface area contributed by atoms with Crippen LogP contribution in [0.3, 0.4) is 0 Å². The minimum atomic E-state index is -0.0327. The number of fused-ring (bicyclic) bond motifs is 3. The topological polar surface area (TPSA) is 89.6 Å². The first-order valence-corrected chi connectivity index (χ1v) is 13.1. The molecule has 1 aromatic carbocycles. The Balaban J connectivity index is 1.30. The van der Waals surface area contributed by atoms with Gasteiger partial charge in [0.15, 0.2) is 10.9 Å². The van der Waals surface area contributed by atoms with Crippen LogP contribution in [0.5, 0.6) is 0 Å². The molecule has 172 valence electrons. The van der Waals surface area contributed by atoms with Crippen LogP contribution in [0.4, 0.5) is 0 Å². The normalized spacial score (nSPS) is 15.6. The second kappa shape index (κ2) is 8.88.